The Morgan fingerprint density at radius 1 is 1.00 bits per heavy atom. The summed E-state index contributed by atoms with van der Waals surface area (Å²) in [5, 5.41) is 13.2. The highest BCUT2D eigenvalue weighted by molar-refractivity contribution is 8.15. The fourth-order valence-electron chi connectivity index (χ4n) is 3.53. The molecule has 1 unspecified atom stereocenters. The van der Waals surface area contributed by atoms with Crippen LogP contribution in [0.2, 0.25) is 0 Å². The van der Waals surface area contributed by atoms with Gasteiger partial charge >= 0.3 is 0 Å². The number of aromatic nitrogens is 1. The number of imide groups is 1. The molecule has 0 bridgehead atoms. The van der Waals surface area contributed by atoms with Gasteiger partial charge in [-0.15, -0.1) is 0 Å². The quantitative estimate of drug-likeness (QED) is 0.530. The molecule has 1 fully saturated rings. The molecule has 7 heteroatoms. The number of hydrogen-bond acceptors (Lipinski definition) is 6. The predicted octanol–water partition coefficient (Wildman–Crippen LogP) is 4.17. The zero-order chi connectivity index (χ0) is 20.0. The maximum Gasteiger partial charge on any atom is 0.286 e. The molecule has 6 nitrogen and oxygen atoms in total. The Labute approximate surface area is 169 Å². The second kappa shape index (κ2) is 6.93. The first-order chi connectivity index (χ1) is 14.0. The molecule has 0 saturated carbocycles. The zero-order valence-electron chi connectivity index (χ0n) is 15.2. The predicted molar refractivity (Wildman–Crippen MR) is 111 cm³/mol. The van der Waals surface area contributed by atoms with E-state index in [1.807, 2.05) is 36.4 Å². The molecule has 1 saturated heterocycles. The van der Waals surface area contributed by atoms with Crippen LogP contribution in [0.25, 0.3) is 21.9 Å². The molecular formula is C22H16N2O4S. The largest absolute Gasteiger partial charge is 0.508 e. The van der Waals surface area contributed by atoms with Crippen LogP contribution < -0.4 is 5.32 Å². The van der Waals surface area contributed by atoms with Crippen LogP contribution in [0.1, 0.15) is 17.0 Å². The lowest BCUT2D eigenvalue weighted by molar-refractivity contribution is -0.118. The fourth-order valence-corrected chi connectivity index (χ4v) is 4.39. The standard InChI is InChI=1S/C22H16N2O4S/c25-16-5-4-14-7-12(1-3-15(14)11-16)10-20-23-17-8-13(2-6-18(17)28-20)9-19-21(26)24-22(27)29-19/h1-8,11,19,25H,9-10H2,(H,24,26,27). The van der Waals surface area contributed by atoms with E-state index in [9.17, 15) is 14.7 Å². The first kappa shape index (κ1) is 17.8. The van der Waals surface area contributed by atoms with Crippen LogP contribution in [0.3, 0.4) is 0 Å². The molecule has 5 rings (SSSR count). The monoisotopic (exact) mass is 404 g/mol. The zero-order valence-corrected chi connectivity index (χ0v) is 16.0. The Bertz CT molecular complexity index is 1280. The summed E-state index contributed by atoms with van der Waals surface area (Å²) in [5.74, 6) is 0.613. The number of phenols is 1. The highest BCUT2D eigenvalue weighted by Gasteiger charge is 2.31. The fraction of sp³-hybridized carbons (Fsp3) is 0.136. The van der Waals surface area contributed by atoms with Gasteiger partial charge in [0.15, 0.2) is 11.5 Å². The van der Waals surface area contributed by atoms with Crippen LogP contribution in [-0.4, -0.2) is 26.5 Å². The minimum Gasteiger partial charge on any atom is -0.508 e. The van der Waals surface area contributed by atoms with Crippen molar-refractivity contribution in [1.82, 2.24) is 10.3 Å². The molecule has 144 valence electrons. The summed E-state index contributed by atoms with van der Waals surface area (Å²) in [5.41, 5.74) is 3.42. The van der Waals surface area contributed by atoms with Gasteiger partial charge in [0, 0.05) is 6.42 Å². The van der Waals surface area contributed by atoms with Gasteiger partial charge in [-0.2, -0.15) is 0 Å². The third-order valence-electron chi connectivity index (χ3n) is 4.93. The second-order valence-corrected chi connectivity index (χ2v) is 8.22. The highest BCUT2D eigenvalue weighted by atomic mass is 32.2. The molecule has 1 aromatic heterocycles. The van der Waals surface area contributed by atoms with Crippen molar-refractivity contribution in [2.75, 3.05) is 0 Å². The number of phenolic OH excluding ortho intramolecular Hbond substituents is 1. The number of aromatic hydroxyl groups is 1. The Balaban J connectivity index is 1.38. The van der Waals surface area contributed by atoms with E-state index in [-0.39, 0.29) is 16.9 Å². The first-order valence-corrected chi connectivity index (χ1v) is 10.0. The number of thioether (sulfide) groups is 1. The van der Waals surface area contributed by atoms with Gasteiger partial charge in [-0.1, -0.05) is 42.1 Å². The van der Waals surface area contributed by atoms with Crippen molar-refractivity contribution in [3.63, 3.8) is 0 Å². The van der Waals surface area contributed by atoms with Crippen molar-refractivity contribution in [3.05, 3.63) is 71.6 Å². The molecule has 0 spiro atoms. The van der Waals surface area contributed by atoms with E-state index < -0.39 is 5.25 Å². The average molecular weight is 404 g/mol. The second-order valence-electron chi connectivity index (χ2n) is 7.04. The van der Waals surface area contributed by atoms with E-state index in [0.717, 1.165) is 39.2 Å². The van der Waals surface area contributed by atoms with E-state index in [1.54, 1.807) is 12.1 Å². The number of benzene rings is 3. The normalized spacial score (nSPS) is 16.6. The van der Waals surface area contributed by atoms with E-state index in [1.165, 1.54) is 0 Å². The number of amides is 2. The van der Waals surface area contributed by atoms with Gasteiger partial charge in [-0.05, 0) is 52.6 Å². The maximum absolute atomic E-state index is 11.8. The summed E-state index contributed by atoms with van der Waals surface area (Å²) >= 11 is 1.02. The van der Waals surface area contributed by atoms with Gasteiger partial charge in [0.05, 0.1) is 5.25 Å². The van der Waals surface area contributed by atoms with E-state index in [4.69, 9.17) is 4.42 Å². The lowest BCUT2D eigenvalue weighted by Gasteiger charge is -2.04. The molecule has 0 aliphatic carbocycles. The Morgan fingerprint density at radius 3 is 2.62 bits per heavy atom. The summed E-state index contributed by atoms with van der Waals surface area (Å²) in [4.78, 5) is 27.7. The van der Waals surface area contributed by atoms with Crippen LogP contribution in [0.15, 0.2) is 59.0 Å². The minimum atomic E-state index is -0.400. The summed E-state index contributed by atoms with van der Waals surface area (Å²) in [7, 11) is 0. The van der Waals surface area contributed by atoms with Crippen molar-refractivity contribution >= 4 is 44.8 Å². The molecule has 4 aromatic rings. The lowest BCUT2D eigenvalue weighted by Crippen LogP contribution is -2.25. The van der Waals surface area contributed by atoms with Crippen LogP contribution in [0.5, 0.6) is 5.75 Å². The lowest BCUT2D eigenvalue weighted by atomic mass is 10.0. The van der Waals surface area contributed by atoms with Gasteiger partial charge in [0.2, 0.25) is 5.91 Å². The van der Waals surface area contributed by atoms with Crippen LogP contribution in [0, 0.1) is 0 Å². The molecule has 2 heterocycles. The number of nitrogens with one attached hydrogen (secondary N) is 1. The summed E-state index contributed by atoms with van der Waals surface area (Å²) in [6, 6.07) is 17.0. The molecule has 2 N–H and O–H groups in total. The van der Waals surface area contributed by atoms with Crippen LogP contribution in [0.4, 0.5) is 4.79 Å². The van der Waals surface area contributed by atoms with Gasteiger partial charge in [-0.3, -0.25) is 14.9 Å². The van der Waals surface area contributed by atoms with Gasteiger partial charge in [-0.25, -0.2) is 4.98 Å². The minimum absolute atomic E-state index is 0.245. The Morgan fingerprint density at radius 2 is 1.79 bits per heavy atom. The maximum atomic E-state index is 11.8. The Hall–Kier alpha value is -3.32. The molecule has 1 atom stereocenters. The first-order valence-electron chi connectivity index (χ1n) is 9.15. The smallest absolute Gasteiger partial charge is 0.286 e. The number of rotatable bonds is 4. The van der Waals surface area contributed by atoms with Crippen LogP contribution in [-0.2, 0) is 17.6 Å². The number of fused-ring (bicyclic) bond motifs is 2. The third-order valence-corrected chi connectivity index (χ3v) is 5.91. The van der Waals surface area contributed by atoms with Gasteiger partial charge in [0.25, 0.3) is 5.24 Å². The molecule has 1 aliphatic heterocycles. The number of carbonyl (C=O) groups is 2. The van der Waals surface area contributed by atoms with Gasteiger partial charge in [0.1, 0.15) is 11.3 Å². The molecule has 29 heavy (non-hydrogen) atoms. The van der Waals surface area contributed by atoms with E-state index in [0.29, 0.717) is 24.3 Å². The number of hydrogen-bond donors (Lipinski definition) is 2. The summed E-state index contributed by atoms with van der Waals surface area (Å²) < 4.78 is 5.88. The SMILES string of the molecule is O=C1NC(=O)C(Cc2ccc3oc(Cc4ccc5cc(O)ccc5c4)nc3c2)S1. The number of oxazole rings is 1. The van der Waals surface area contributed by atoms with Crippen molar-refractivity contribution < 1.29 is 19.1 Å². The molecule has 3 aromatic carbocycles. The molecule has 0 radical (unpaired) electrons. The summed E-state index contributed by atoms with van der Waals surface area (Å²) in [6.45, 7) is 0. The van der Waals surface area contributed by atoms with Crippen molar-refractivity contribution in [1.29, 1.82) is 0 Å². The van der Waals surface area contributed by atoms with E-state index in [2.05, 4.69) is 16.4 Å². The number of carbonyl (C=O) groups excluding carboxylic acids is 2. The Kier molecular flexibility index (Phi) is 4.24. The third kappa shape index (κ3) is 3.56. The number of nitrogens with zero attached hydrogens (tertiary/aromatic N) is 1. The topological polar surface area (TPSA) is 92.4 Å². The average Bonchev–Trinajstić information content (AvgIpc) is 3.23. The molecular weight excluding hydrogens is 388 g/mol. The highest BCUT2D eigenvalue weighted by Crippen LogP contribution is 2.26. The van der Waals surface area contributed by atoms with Gasteiger partial charge < -0.3 is 9.52 Å². The van der Waals surface area contributed by atoms with Crippen LogP contribution >= 0.6 is 11.8 Å². The summed E-state index contributed by atoms with van der Waals surface area (Å²) in [6.07, 6.45) is 1.02. The van der Waals surface area contributed by atoms with E-state index >= 15 is 0 Å². The van der Waals surface area contributed by atoms with Crippen molar-refractivity contribution in [2.45, 2.75) is 18.1 Å². The molecule has 2 amide bonds. The van der Waals surface area contributed by atoms with Crippen molar-refractivity contribution in [2.24, 2.45) is 0 Å². The molecule has 1 aliphatic rings. The van der Waals surface area contributed by atoms with Crippen molar-refractivity contribution in [3.8, 4) is 5.75 Å².